The number of amides is 1. The van der Waals surface area contributed by atoms with E-state index in [0.29, 0.717) is 68.5 Å². The molecule has 2 N–H and O–H groups in total. The molecule has 0 bridgehead atoms. The first-order valence-electron chi connectivity index (χ1n) is 15.9. The SMILES string of the molecule is COC(=O)C1CN([C@@H]2CCCn3nc(C(=O)Nc4cccc(-c5cccc(Nc6nc(C(C)C)nc7cccnc67)c5Cl)c4Cl)cc32)C1. The maximum Gasteiger partial charge on any atom is 0.311 e. The van der Waals surface area contributed by atoms with E-state index in [4.69, 9.17) is 32.9 Å². The van der Waals surface area contributed by atoms with Gasteiger partial charge in [-0.15, -0.1) is 0 Å². The Morgan fingerprint density at radius 1 is 0.979 bits per heavy atom. The molecule has 2 aromatic carbocycles. The van der Waals surface area contributed by atoms with Gasteiger partial charge in [-0.3, -0.25) is 24.2 Å². The molecule has 3 aromatic heterocycles. The quantitative estimate of drug-likeness (QED) is 0.162. The Labute approximate surface area is 287 Å². The van der Waals surface area contributed by atoms with E-state index in [1.165, 1.54) is 7.11 Å². The third kappa shape index (κ3) is 5.98. The number of pyridine rings is 1. The molecule has 2 aliphatic rings. The Morgan fingerprint density at radius 2 is 1.71 bits per heavy atom. The average molecular weight is 686 g/mol. The lowest BCUT2D eigenvalue weighted by Crippen LogP contribution is -2.52. The highest BCUT2D eigenvalue weighted by Crippen LogP contribution is 2.42. The highest BCUT2D eigenvalue weighted by atomic mass is 35.5. The smallest absolute Gasteiger partial charge is 0.311 e. The Bertz CT molecular complexity index is 2040. The third-order valence-corrected chi connectivity index (χ3v) is 9.71. The molecular formula is C35H34Cl2N8O3. The fourth-order valence-electron chi connectivity index (χ4n) is 6.34. The number of fused-ring (bicyclic) bond motifs is 2. The first-order valence-corrected chi connectivity index (χ1v) is 16.7. The summed E-state index contributed by atoms with van der Waals surface area (Å²) >= 11 is 13.9. The number of carbonyl (C=O) groups excluding carboxylic acids is 2. The minimum atomic E-state index is -0.364. The van der Waals surface area contributed by atoms with Crippen LogP contribution < -0.4 is 10.6 Å². The van der Waals surface area contributed by atoms with Gasteiger partial charge in [0.25, 0.3) is 5.91 Å². The number of anilines is 3. The van der Waals surface area contributed by atoms with Crippen LogP contribution in [0.4, 0.5) is 17.2 Å². The molecule has 48 heavy (non-hydrogen) atoms. The van der Waals surface area contributed by atoms with E-state index in [2.05, 4.69) is 30.6 Å². The summed E-state index contributed by atoms with van der Waals surface area (Å²) < 4.78 is 6.79. The minimum absolute atomic E-state index is 0.0942. The first kappa shape index (κ1) is 32.0. The molecule has 0 radical (unpaired) electrons. The number of rotatable bonds is 8. The van der Waals surface area contributed by atoms with Crippen LogP contribution in [0.3, 0.4) is 0 Å². The summed E-state index contributed by atoms with van der Waals surface area (Å²) in [5, 5.41) is 11.7. The van der Waals surface area contributed by atoms with E-state index in [1.54, 1.807) is 12.3 Å². The predicted molar refractivity (Wildman–Crippen MR) is 186 cm³/mol. The molecule has 5 aromatic rings. The molecular weight excluding hydrogens is 651 g/mol. The lowest BCUT2D eigenvalue weighted by Gasteiger charge is -2.44. The summed E-state index contributed by atoms with van der Waals surface area (Å²) in [6.45, 7) is 6.08. The number of methoxy groups -OCH3 is 1. The lowest BCUT2D eigenvalue weighted by atomic mass is 9.93. The van der Waals surface area contributed by atoms with E-state index < -0.39 is 0 Å². The largest absolute Gasteiger partial charge is 0.469 e. The molecule has 0 aliphatic carbocycles. The molecule has 0 saturated carbocycles. The van der Waals surface area contributed by atoms with Crippen molar-refractivity contribution in [2.24, 2.45) is 5.92 Å². The van der Waals surface area contributed by atoms with Gasteiger partial charge in [-0.1, -0.05) is 61.3 Å². The summed E-state index contributed by atoms with van der Waals surface area (Å²) in [5.41, 5.74) is 5.03. The number of aryl methyl sites for hydroxylation is 1. The number of hydrogen-bond donors (Lipinski definition) is 2. The second kappa shape index (κ2) is 13.1. The van der Waals surface area contributed by atoms with Crippen LogP contribution in [0.2, 0.25) is 10.0 Å². The standard InChI is InChI=1S/C35H34Cl2N8O3/c1-19(2)32-40-25-12-6-14-38-31(25)33(42-32)39-23-10-4-8-21(29(23)36)22-9-5-11-24(30(22)37)41-34(46)26-16-28-27(13-7-15-45(28)43-26)44-17-20(18-44)35(47)48-3/h4-6,8-12,14,16,19-20,27H,7,13,15,17-18H2,1-3H3,(H,41,46)(H,39,40,42)/t27-/m1/s1. The van der Waals surface area contributed by atoms with Crippen LogP contribution in [-0.4, -0.2) is 61.7 Å². The molecule has 0 spiro atoms. The molecule has 1 amide bonds. The zero-order valence-corrected chi connectivity index (χ0v) is 28.2. The zero-order chi connectivity index (χ0) is 33.5. The lowest BCUT2D eigenvalue weighted by molar-refractivity contribution is -0.152. The summed E-state index contributed by atoms with van der Waals surface area (Å²) in [4.78, 5) is 41.6. The number of halogens is 2. The molecule has 13 heteroatoms. The van der Waals surface area contributed by atoms with Gasteiger partial charge in [0.1, 0.15) is 11.3 Å². The normalized spacial score (nSPS) is 16.4. The first-order chi connectivity index (χ1) is 23.2. The van der Waals surface area contributed by atoms with Crippen LogP contribution in [0.25, 0.3) is 22.2 Å². The highest BCUT2D eigenvalue weighted by molar-refractivity contribution is 6.39. The van der Waals surface area contributed by atoms with Gasteiger partial charge >= 0.3 is 5.97 Å². The van der Waals surface area contributed by atoms with Gasteiger partial charge in [0.15, 0.2) is 11.5 Å². The van der Waals surface area contributed by atoms with E-state index in [-0.39, 0.29) is 29.8 Å². The number of esters is 1. The maximum atomic E-state index is 13.5. The van der Waals surface area contributed by atoms with Crippen LogP contribution >= 0.6 is 23.2 Å². The van der Waals surface area contributed by atoms with Gasteiger partial charge < -0.3 is 15.4 Å². The summed E-state index contributed by atoms with van der Waals surface area (Å²) in [6, 6.07) is 16.7. The summed E-state index contributed by atoms with van der Waals surface area (Å²) in [6.07, 6.45) is 3.58. The van der Waals surface area contributed by atoms with Crippen molar-refractivity contribution in [1.29, 1.82) is 0 Å². The maximum absolute atomic E-state index is 13.5. The van der Waals surface area contributed by atoms with Crippen LogP contribution in [0.15, 0.2) is 60.8 Å². The van der Waals surface area contributed by atoms with Crippen molar-refractivity contribution in [3.63, 3.8) is 0 Å². The summed E-state index contributed by atoms with van der Waals surface area (Å²) in [7, 11) is 1.42. The van der Waals surface area contributed by atoms with Gasteiger partial charge in [0, 0.05) is 42.9 Å². The Kier molecular flexibility index (Phi) is 8.76. The van der Waals surface area contributed by atoms with Crippen LogP contribution in [0.1, 0.15) is 60.7 Å². The predicted octanol–water partition coefficient (Wildman–Crippen LogP) is 7.25. The van der Waals surface area contributed by atoms with E-state index in [9.17, 15) is 9.59 Å². The number of aromatic nitrogens is 5. The number of benzene rings is 2. The van der Waals surface area contributed by atoms with E-state index in [0.717, 1.165) is 30.6 Å². The molecule has 1 fully saturated rings. The minimum Gasteiger partial charge on any atom is -0.469 e. The van der Waals surface area contributed by atoms with Crippen LogP contribution in [0, 0.1) is 5.92 Å². The zero-order valence-electron chi connectivity index (χ0n) is 26.7. The van der Waals surface area contributed by atoms with Gasteiger partial charge in [-0.05, 0) is 43.2 Å². The van der Waals surface area contributed by atoms with E-state index >= 15 is 0 Å². The number of nitrogens with one attached hydrogen (secondary N) is 2. The Hall–Kier alpha value is -4.58. The van der Waals surface area contributed by atoms with Crippen molar-refractivity contribution in [1.82, 2.24) is 29.6 Å². The number of ether oxygens (including phenoxy) is 1. The van der Waals surface area contributed by atoms with Crippen molar-refractivity contribution in [3.05, 3.63) is 88.1 Å². The number of hydrogen-bond acceptors (Lipinski definition) is 9. The van der Waals surface area contributed by atoms with E-state index in [1.807, 2.05) is 67.1 Å². The molecule has 7 rings (SSSR count). The van der Waals surface area contributed by atoms with Crippen LogP contribution in [0.5, 0.6) is 0 Å². The van der Waals surface area contributed by atoms with Crippen molar-refractivity contribution in [2.45, 2.75) is 45.2 Å². The molecule has 11 nitrogen and oxygen atoms in total. The summed E-state index contributed by atoms with van der Waals surface area (Å²) in [5.74, 6) is 0.699. The van der Waals surface area contributed by atoms with Crippen molar-refractivity contribution in [2.75, 3.05) is 30.8 Å². The third-order valence-electron chi connectivity index (χ3n) is 8.90. The molecule has 1 atom stereocenters. The van der Waals surface area contributed by atoms with Gasteiger partial charge in [-0.25, -0.2) is 9.97 Å². The molecule has 5 heterocycles. The fraction of sp³-hybridized carbons (Fsp3) is 0.314. The van der Waals surface area contributed by atoms with Gasteiger partial charge in [-0.2, -0.15) is 5.10 Å². The highest BCUT2D eigenvalue weighted by Gasteiger charge is 2.40. The number of likely N-dealkylation sites (tertiary alicyclic amines) is 1. The molecule has 0 unspecified atom stereocenters. The monoisotopic (exact) mass is 684 g/mol. The van der Waals surface area contributed by atoms with Gasteiger partial charge in [0.05, 0.1) is 51.7 Å². The van der Waals surface area contributed by atoms with Crippen molar-refractivity contribution >= 4 is 63.3 Å². The van der Waals surface area contributed by atoms with Crippen molar-refractivity contribution in [3.8, 4) is 11.1 Å². The molecule has 246 valence electrons. The topological polar surface area (TPSA) is 127 Å². The molecule has 1 saturated heterocycles. The number of carbonyl (C=O) groups is 2. The van der Waals surface area contributed by atoms with Crippen LogP contribution in [-0.2, 0) is 16.1 Å². The van der Waals surface area contributed by atoms with Crippen molar-refractivity contribution < 1.29 is 14.3 Å². The van der Waals surface area contributed by atoms with Gasteiger partial charge in [0.2, 0.25) is 0 Å². The number of nitrogens with zero attached hydrogens (tertiary/aromatic N) is 6. The molecule has 2 aliphatic heterocycles. The second-order valence-corrected chi connectivity index (χ2v) is 13.1. The second-order valence-electron chi connectivity index (χ2n) is 12.4. The average Bonchev–Trinajstić information content (AvgIpc) is 3.51. The Balaban J connectivity index is 1.12. The Morgan fingerprint density at radius 3 is 2.44 bits per heavy atom. The fourth-order valence-corrected chi connectivity index (χ4v) is 6.89.